The van der Waals surface area contributed by atoms with Crippen molar-refractivity contribution in [2.75, 3.05) is 0 Å². The van der Waals surface area contributed by atoms with Gasteiger partial charge in [0.1, 0.15) is 5.82 Å². The average molecular weight is 529 g/mol. The number of imidazole rings is 1. The van der Waals surface area contributed by atoms with Crippen molar-refractivity contribution in [1.29, 1.82) is 0 Å². The summed E-state index contributed by atoms with van der Waals surface area (Å²) >= 11 is 6.00. The summed E-state index contributed by atoms with van der Waals surface area (Å²) in [5, 5.41) is 8.27. The Labute approximate surface area is 220 Å². The molecule has 1 atom stereocenters. The van der Waals surface area contributed by atoms with Crippen molar-refractivity contribution in [3.05, 3.63) is 93.6 Å². The topological polar surface area (TPSA) is 147 Å². The number of amides is 1. The number of ether oxygens (including phenoxy) is 1. The summed E-state index contributed by atoms with van der Waals surface area (Å²) < 4.78 is 8.17. The van der Waals surface area contributed by atoms with Crippen LogP contribution in [0.25, 0.3) is 28.1 Å². The average Bonchev–Trinajstić information content (AvgIpc) is 3.64. The van der Waals surface area contributed by atoms with Gasteiger partial charge in [0.25, 0.3) is 5.56 Å². The molecule has 38 heavy (non-hydrogen) atoms. The molecule has 0 bridgehead atoms. The molecule has 0 saturated heterocycles. The largest absolute Gasteiger partial charge is 0.411 e. The Bertz CT molecular complexity index is 1740. The van der Waals surface area contributed by atoms with Gasteiger partial charge in [-0.1, -0.05) is 28.4 Å². The van der Waals surface area contributed by atoms with E-state index >= 15 is 0 Å². The van der Waals surface area contributed by atoms with Crippen LogP contribution in [-0.2, 0) is 6.42 Å². The number of carbonyl (C=O) groups excluding carboxylic acids is 1. The third-order valence-electron chi connectivity index (χ3n) is 6.47. The number of benzene rings is 1. The monoisotopic (exact) mass is 528 g/mol. The predicted molar refractivity (Wildman–Crippen MR) is 139 cm³/mol. The van der Waals surface area contributed by atoms with Crippen molar-refractivity contribution in [3.8, 4) is 34.0 Å². The highest BCUT2D eigenvalue weighted by Gasteiger charge is 2.28. The highest BCUT2D eigenvalue weighted by Crippen LogP contribution is 2.34. The van der Waals surface area contributed by atoms with Crippen molar-refractivity contribution in [2.45, 2.75) is 25.8 Å². The van der Waals surface area contributed by atoms with Crippen LogP contribution in [0.3, 0.4) is 0 Å². The van der Waals surface area contributed by atoms with E-state index in [1.54, 1.807) is 46.0 Å². The Morgan fingerprint density at radius 3 is 2.74 bits per heavy atom. The number of nitrogens with zero attached hydrogens (tertiary/aromatic N) is 6. The molecular formula is C26H21ClN8O3. The molecule has 1 aliphatic heterocycles. The van der Waals surface area contributed by atoms with E-state index in [-0.39, 0.29) is 22.6 Å². The molecule has 0 fully saturated rings. The summed E-state index contributed by atoms with van der Waals surface area (Å²) in [6.07, 6.45) is 5.41. The number of rotatable bonds is 5. The predicted octanol–water partition coefficient (Wildman–Crippen LogP) is 3.84. The standard InChI is InChI=1S/C26H21ClN8O3/c1-14-2-5-20(34-13-22(27)32-33-34)18(8-14)16-9-17-4-6-21(35(17)24(36)10-16)25-30-12-19(31-25)15-3-7-23(29-11-15)38-26(28)37/h2-3,5,7-13,21H,4,6H2,1H3,(H2,28,37)(H,30,31)/t21-/m0/s1. The van der Waals surface area contributed by atoms with Crippen molar-refractivity contribution in [3.63, 3.8) is 0 Å². The molecule has 0 radical (unpaired) electrons. The van der Waals surface area contributed by atoms with Crippen molar-refractivity contribution >= 4 is 17.7 Å². The normalized spacial score (nSPS) is 14.4. The zero-order valence-electron chi connectivity index (χ0n) is 20.1. The molecular weight excluding hydrogens is 508 g/mol. The van der Waals surface area contributed by atoms with Gasteiger partial charge < -0.3 is 20.0 Å². The quantitative estimate of drug-likeness (QED) is 0.352. The van der Waals surface area contributed by atoms with Crippen LogP contribution in [0.5, 0.6) is 5.88 Å². The molecule has 4 aromatic heterocycles. The zero-order chi connectivity index (χ0) is 26.4. The molecule has 5 aromatic rings. The summed E-state index contributed by atoms with van der Waals surface area (Å²) in [5.41, 5.74) is 10.8. The maximum atomic E-state index is 13.4. The Balaban J connectivity index is 1.33. The maximum Gasteiger partial charge on any atom is 0.411 e. The molecule has 6 rings (SSSR count). The van der Waals surface area contributed by atoms with Crippen molar-refractivity contribution < 1.29 is 9.53 Å². The summed E-state index contributed by atoms with van der Waals surface area (Å²) in [6, 6.07) is 12.7. The second kappa shape index (κ2) is 9.27. The van der Waals surface area contributed by atoms with E-state index in [0.29, 0.717) is 5.82 Å². The van der Waals surface area contributed by atoms with E-state index in [9.17, 15) is 9.59 Å². The Hall–Kier alpha value is -4.77. The van der Waals surface area contributed by atoms with Crippen LogP contribution in [0.1, 0.15) is 29.5 Å². The van der Waals surface area contributed by atoms with Gasteiger partial charge in [0.05, 0.1) is 29.8 Å². The Morgan fingerprint density at radius 1 is 1.13 bits per heavy atom. The number of fused-ring (bicyclic) bond motifs is 1. The summed E-state index contributed by atoms with van der Waals surface area (Å²) in [6.45, 7) is 2.00. The first-order valence-electron chi connectivity index (χ1n) is 11.8. The lowest BCUT2D eigenvalue weighted by molar-refractivity contribution is 0.209. The van der Waals surface area contributed by atoms with Crippen LogP contribution in [0, 0.1) is 6.92 Å². The number of carbonyl (C=O) groups is 1. The minimum atomic E-state index is -0.927. The highest BCUT2D eigenvalue weighted by atomic mass is 35.5. The van der Waals surface area contributed by atoms with Gasteiger partial charge in [-0.15, -0.1) is 5.10 Å². The second-order valence-electron chi connectivity index (χ2n) is 8.99. The van der Waals surface area contributed by atoms with Crippen molar-refractivity contribution in [1.82, 2.24) is 34.5 Å². The summed E-state index contributed by atoms with van der Waals surface area (Å²) in [7, 11) is 0. The van der Waals surface area contributed by atoms with Gasteiger partial charge in [0, 0.05) is 35.2 Å². The van der Waals surface area contributed by atoms with Gasteiger partial charge in [-0.3, -0.25) is 4.79 Å². The van der Waals surface area contributed by atoms with Crippen molar-refractivity contribution in [2.24, 2.45) is 5.73 Å². The molecule has 190 valence electrons. The number of H-pyrrole nitrogens is 1. The molecule has 0 spiro atoms. The number of aromatic nitrogens is 7. The number of halogens is 1. The molecule has 3 N–H and O–H groups in total. The lowest BCUT2D eigenvalue weighted by Crippen LogP contribution is -2.23. The molecule has 1 amide bonds. The number of nitrogens with two attached hydrogens (primary N) is 1. The first-order valence-corrected chi connectivity index (χ1v) is 12.2. The van der Waals surface area contributed by atoms with Crippen LogP contribution in [-0.4, -0.2) is 40.6 Å². The highest BCUT2D eigenvalue weighted by molar-refractivity contribution is 6.29. The number of hydrogen-bond donors (Lipinski definition) is 2. The van der Waals surface area contributed by atoms with Crippen LogP contribution in [0.15, 0.2) is 65.8 Å². The second-order valence-corrected chi connectivity index (χ2v) is 9.38. The van der Waals surface area contributed by atoms with Gasteiger partial charge >= 0.3 is 6.09 Å². The SMILES string of the molecule is Cc1ccc(-n2cc(Cl)nn2)c(-c2cc3n(c(=O)c2)[C@H](c2ncc(-c4ccc(OC(N)=O)nc4)[nH]2)CC3)c1. The van der Waals surface area contributed by atoms with Gasteiger partial charge in [0.15, 0.2) is 5.15 Å². The van der Waals surface area contributed by atoms with Crippen LogP contribution in [0.2, 0.25) is 5.15 Å². The smallest absolute Gasteiger partial charge is 0.391 e. The van der Waals surface area contributed by atoms with E-state index < -0.39 is 6.09 Å². The number of aromatic amines is 1. The molecule has 0 aliphatic carbocycles. The molecule has 1 aliphatic rings. The third-order valence-corrected chi connectivity index (χ3v) is 6.65. The molecule has 1 aromatic carbocycles. The van der Waals surface area contributed by atoms with Gasteiger partial charge in [-0.25, -0.2) is 19.4 Å². The number of primary amides is 1. The zero-order valence-corrected chi connectivity index (χ0v) is 20.9. The lowest BCUT2D eigenvalue weighted by atomic mass is 10.0. The Morgan fingerprint density at radius 2 is 2.00 bits per heavy atom. The minimum Gasteiger partial charge on any atom is -0.391 e. The number of hydrogen-bond acceptors (Lipinski definition) is 7. The number of nitrogens with one attached hydrogen (secondary N) is 1. The molecule has 11 nitrogen and oxygen atoms in total. The van der Waals surface area contributed by atoms with Gasteiger partial charge in [-0.2, -0.15) is 0 Å². The summed E-state index contributed by atoms with van der Waals surface area (Å²) in [4.78, 5) is 36.3. The molecule has 0 saturated carbocycles. The fourth-order valence-corrected chi connectivity index (χ4v) is 4.93. The minimum absolute atomic E-state index is 0.108. The maximum absolute atomic E-state index is 13.4. The Kier molecular flexibility index (Phi) is 5.76. The number of aryl methyl sites for hydroxylation is 2. The first-order chi connectivity index (χ1) is 18.4. The van der Waals surface area contributed by atoms with Gasteiger partial charge in [0.2, 0.25) is 5.88 Å². The summed E-state index contributed by atoms with van der Waals surface area (Å²) in [5.74, 6) is 0.788. The first kappa shape index (κ1) is 23.6. The van der Waals surface area contributed by atoms with E-state index in [0.717, 1.165) is 52.2 Å². The molecule has 5 heterocycles. The van der Waals surface area contributed by atoms with E-state index in [1.807, 2.05) is 31.2 Å². The third kappa shape index (κ3) is 4.33. The van der Waals surface area contributed by atoms with Crippen LogP contribution in [0.4, 0.5) is 4.79 Å². The lowest BCUT2D eigenvalue weighted by Gasteiger charge is -2.15. The molecule has 12 heteroatoms. The molecule has 0 unspecified atom stereocenters. The fraction of sp³-hybridized carbons (Fsp3) is 0.154. The van der Waals surface area contributed by atoms with E-state index in [1.165, 1.54) is 0 Å². The van der Waals surface area contributed by atoms with Crippen LogP contribution < -0.4 is 16.0 Å². The van der Waals surface area contributed by atoms with Crippen LogP contribution >= 0.6 is 11.6 Å². The number of pyridine rings is 2. The van der Waals surface area contributed by atoms with E-state index in [2.05, 4.69) is 25.3 Å². The van der Waals surface area contributed by atoms with E-state index in [4.69, 9.17) is 22.1 Å². The van der Waals surface area contributed by atoms with Gasteiger partial charge in [-0.05, 0) is 49.6 Å². The fourth-order valence-electron chi connectivity index (χ4n) is 4.81.